The van der Waals surface area contributed by atoms with Crippen LogP contribution in [-0.4, -0.2) is 17.6 Å². The zero-order chi connectivity index (χ0) is 13.0. The van der Waals surface area contributed by atoms with Crippen molar-refractivity contribution in [1.82, 2.24) is 4.98 Å². The van der Waals surface area contributed by atoms with Crippen LogP contribution >= 0.6 is 15.9 Å². The number of halogens is 3. The molecule has 1 heterocycles. The van der Waals surface area contributed by atoms with E-state index in [1.165, 1.54) is 6.20 Å². The lowest BCUT2D eigenvalue weighted by Gasteiger charge is -2.11. The van der Waals surface area contributed by atoms with Crippen LogP contribution in [0.5, 0.6) is 0 Å². The van der Waals surface area contributed by atoms with E-state index in [0.717, 1.165) is 0 Å². The van der Waals surface area contributed by atoms with Crippen molar-refractivity contribution in [2.45, 2.75) is 26.7 Å². The minimum atomic E-state index is -2.60. The summed E-state index contributed by atoms with van der Waals surface area (Å²) in [5, 5.41) is 0. The van der Waals surface area contributed by atoms with Gasteiger partial charge in [-0.05, 0) is 35.3 Å². The van der Waals surface area contributed by atoms with Crippen LogP contribution < -0.4 is 0 Å². The van der Waals surface area contributed by atoms with Crippen molar-refractivity contribution in [3.8, 4) is 0 Å². The van der Waals surface area contributed by atoms with Gasteiger partial charge in [0, 0.05) is 16.2 Å². The second-order valence-electron chi connectivity index (χ2n) is 3.40. The molecule has 0 saturated carbocycles. The fraction of sp³-hybridized carbons (Fsp3) is 0.455. The largest absolute Gasteiger partial charge is 0.466 e. The number of aromatic nitrogens is 1. The molecule has 3 nitrogen and oxygen atoms in total. The summed E-state index contributed by atoms with van der Waals surface area (Å²) in [5.41, 5.74) is 0.531. The van der Waals surface area contributed by atoms with E-state index < -0.39 is 12.4 Å². The van der Waals surface area contributed by atoms with Crippen LogP contribution in [-0.2, 0) is 16.0 Å². The second kappa shape index (κ2) is 6.05. The van der Waals surface area contributed by atoms with Crippen molar-refractivity contribution in [2.75, 3.05) is 6.61 Å². The number of pyridine rings is 1. The number of hydrogen-bond acceptors (Lipinski definition) is 3. The first-order chi connectivity index (χ1) is 7.97. The molecule has 0 bridgehead atoms. The first kappa shape index (κ1) is 14.0. The maximum atomic E-state index is 12.8. The Morgan fingerprint density at radius 3 is 2.76 bits per heavy atom. The lowest BCUT2D eigenvalue weighted by molar-refractivity contribution is -0.142. The number of carbonyl (C=O) groups excluding carboxylic acids is 1. The molecule has 94 valence electrons. The van der Waals surface area contributed by atoms with Crippen molar-refractivity contribution in [2.24, 2.45) is 0 Å². The average molecular weight is 308 g/mol. The second-order valence-corrected chi connectivity index (χ2v) is 4.19. The summed E-state index contributed by atoms with van der Waals surface area (Å²) in [7, 11) is 0. The molecule has 0 amide bonds. The van der Waals surface area contributed by atoms with Gasteiger partial charge in [-0.15, -0.1) is 0 Å². The minimum Gasteiger partial charge on any atom is -0.466 e. The summed E-state index contributed by atoms with van der Waals surface area (Å²) in [6.45, 7) is 3.48. The van der Waals surface area contributed by atoms with E-state index in [9.17, 15) is 13.6 Å². The SMILES string of the molecule is CCOC(=O)Cc1ncc(C)c(C(F)F)c1Br. The predicted octanol–water partition coefficient (Wildman–Crippen LogP) is 3.20. The molecule has 0 aliphatic heterocycles. The maximum absolute atomic E-state index is 12.8. The third-order valence-electron chi connectivity index (χ3n) is 2.16. The van der Waals surface area contributed by atoms with Crippen molar-refractivity contribution >= 4 is 21.9 Å². The van der Waals surface area contributed by atoms with Gasteiger partial charge in [0.2, 0.25) is 0 Å². The summed E-state index contributed by atoms with van der Waals surface area (Å²) in [5.74, 6) is -0.482. The summed E-state index contributed by atoms with van der Waals surface area (Å²) < 4.78 is 30.5. The number of hydrogen-bond donors (Lipinski definition) is 0. The molecule has 0 N–H and O–H groups in total. The monoisotopic (exact) mass is 307 g/mol. The van der Waals surface area contributed by atoms with E-state index in [1.54, 1.807) is 13.8 Å². The van der Waals surface area contributed by atoms with Crippen molar-refractivity contribution in [3.05, 3.63) is 27.5 Å². The third kappa shape index (κ3) is 3.46. The Bertz CT molecular complexity index is 424. The summed E-state index contributed by atoms with van der Waals surface area (Å²) in [6, 6.07) is 0. The van der Waals surface area contributed by atoms with Gasteiger partial charge in [-0.3, -0.25) is 9.78 Å². The highest BCUT2D eigenvalue weighted by Gasteiger charge is 2.20. The molecule has 0 aromatic carbocycles. The van der Waals surface area contributed by atoms with Crippen LogP contribution in [0.15, 0.2) is 10.7 Å². The smallest absolute Gasteiger partial charge is 0.311 e. The van der Waals surface area contributed by atoms with Crippen LogP contribution in [0.1, 0.15) is 30.2 Å². The first-order valence-electron chi connectivity index (χ1n) is 5.05. The van der Waals surface area contributed by atoms with E-state index in [1.807, 2.05) is 0 Å². The predicted molar refractivity (Wildman–Crippen MR) is 62.0 cm³/mol. The van der Waals surface area contributed by atoms with Gasteiger partial charge in [-0.25, -0.2) is 8.78 Å². The van der Waals surface area contributed by atoms with Crippen molar-refractivity contribution in [3.63, 3.8) is 0 Å². The molecule has 0 aliphatic carbocycles. The topological polar surface area (TPSA) is 39.2 Å². The molecular formula is C11H12BrF2NO2. The number of alkyl halides is 2. The van der Waals surface area contributed by atoms with Crippen LogP contribution in [0, 0.1) is 6.92 Å². The van der Waals surface area contributed by atoms with Gasteiger partial charge in [0.25, 0.3) is 6.43 Å². The quantitative estimate of drug-likeness (QED) is 0.802. The Kier molecular flexibility index (Phi) is 4.99. The highest BCUT2D eigenvalue weighted by atomic mass is 79.9. The molecule has 1 aromatic rings. The minimum absolute atomic E-state index is 0.117. The summed E-state index contributed by atoms with van der Waals surface area (Å²) in [6.07, 6.45) is -1.39. The van der Waals surface area contributed by atoms with Crippen LogP contribution in [0.3, 0.4) is 0 Å². The zero-order valence-corrected chi connectivity index (χ0v) is 11.1. The molecule has 0 unspecified atom stereocenters. The molecule has 17 heavy (non-hydrogen) atoms. The summed E-state index contributed by atoms with van der Waals surface area (Å²) in [4.78, 5) is 15.2. The number of esters is 1. The molecular weight excluding hydrogens is 296 g/mol. The lowest BCUT2D eigenvalue weighted by Crippen LogP contribution is -2.10. The van der Waals surface area contributed by atoms with E-state index >= 15 is 0 Å². The molecule has 1 aromatic heterocycles. The first-order valence-corrected chi connectivity index (χ1v) is 5.84. The van der Waals surface area contributed by atoms with Crippen LogP contribution in [0.25, 0.3) is 0 Å². The van der Waals surface area contributed by atoms with E-state index in [2.05, 4.69) is 20.9 Å². The highest BCUT2D eigenvalue weighted by molar-refractivity contribution is 9.10. The van der Waals surface area contributed by atoms with Gasteiger partial charge in [-0.2, -0.15) is 0 Å². The zero-order valence-electron chi connectivity index (χ0n) is 9.47. The molecule has 6 heteroatoms. The van der Waals surface area contributed by atoms with Crippen LogP contribution in [0.4, 0.5) is 8.78 Å². The Hall–Kier alpha value is -1.04. The summed E-state index contributed by atoms with van der Waals surface area (Å²) >= 11 is 3.06. The molecule has 0 aliphatic rings. The van der Waals surface area contributed by atoms with Gasteiger partial charge in [0.1, 0.15) is 0 Å². The van der Waals surface area contributed by atoms with Crippen molar-refractivity contribution in [1.29, 1.82) is 0 Å². The molecule has 0 saturated heterocycles. The molecule has 1 rings (SSSR count). The highest BCUT2D eigenvalue weighted by Crippen LogP contribution is 2.32. The molecule has 0 radical (unpaired) electrons. The Balaban J connectivity index is 3.02. The van der Waals surface area contributed by atoms with Gasteiger partial charge in [0.05, 0.1) is 18.7 Å². The molecule has 0 spiro atoms. The Morgan fingerprint density at radius 1 is 1.59 bits per heavy atom. The Labute approximate surface area is 106 Å². The fourth-order valence-electron chi connectivity index (χ4n) is 1.37. The molecule has 0 atom stereocenters. The number of carbonyl (C=O) groups is 1. The van der Waals surface area contributed by atoms with Crippen molar-refractivity contribution < 1.29 is 18.3 Å². The van der Waals surface area contributed by atoms with Gasteiger partial charge in [0.15, 0.2) is 0 Å². The van der Waals surface area contributed by atoms with Gasteiger partial charge >= 0.3 is 5.97 Å². The van der Waals surface area contributed by atoms with E-state index in [-0.39, 0.29) is 28.8 Å². The molecule has 0 fully saturated rings. The number of ether oxygens (including phenoxy) is 1. The maximum Gasteiger partial charge on any atom is 0.311 e. The standard InChI is InChI=1S/C11H12BrF2NO2/c1-3-17-8(16)4-7-10(12)9(11(13)14)6(2)5-15-7/h5,11H,3-4H2,1-2H3. The van der Waals surface area contributed by atoms with E-state index in [0.29, 0.717) is 5.56 Å². The number of aryl methyl sites for hydroxylation is 1. The number of nitrogens with zero attached hydrogens (tertiary/aromatic N) is 1. The third-order valence-corrected chi connectivity index (χ3v) is 3.05. The van der Waals surface area contributed by atoms with Crippen LogP contribution in [0.2, 0.25) is 0 Å². The lowest BCUT2D eigenvalue weighted by atomic mass is 10.1. The van der Waals surface area contributed by atoms with Gasteiger partial charge in [-0.1, -0.05) is 0 Å². The van der Waals surface area contributed by atoms with Gasteiger partial charge < -0.3 is 4.74 Å². The Morgan fingerprint density at radius 2 is 2.24 bits per heavy atom. The fourth-order valence-corrected chi connectivity index (χ4v) is 2.10. The number of rotatable bonds is 4. The average Bonchev–Trinajstić information content (AvgIpc) is 2.22. The van der Waals surface area contributed by atoms with E-state index in [4.69, 9.17) is 4.74 Å². The normalized spacial score (nSPS) is 10.7.